The van der Waals surface area contributed by atoms with Crippen LogP contribution in [-0.2, 0) is 0 Å². The molecule has 1 aromatic heterocycles. The van der Waals surface area contributed by atoms with Crippen LogP contribution in [0.1, 0.15) is 0 Å². The minimum atomic E-state index is 0.205. The van der Waals surface area contributed by atoms with Gasteiger partial charge in [-0.05, 0) is 49.9 Å². The van der Waals surface area contributed by atoms with Crippen LogP contribution in [0.2, 0.25) is 0 Å². The summed E-state index contributed by atoms with van der Waals surface area (Å²) >= 11 is 0. The molecule has 8 rings (SSSR count). The molecule has 0 N–H and O–H groups in total. The zero-order valence-corrected chi connectivity index (χ0v) is 23.8. The number of fused-ring (bicyclic) bond motifs is 5. The van der Waals surface area contributed by atoms with Crippen molar-refractivity contribution >= 4 is 110 Å². The Morgan fingerprint density at radius 1 is 0.341 bits per heavy atom. The Morgan fingerprint density at radius 2 is 0.773 bits per heavy atom. The summed E-state index contributed by atoms with van der Waals surface area (Å²) < 4.78 is 6.50. The molecule has 0 amide bonds. The number of benzene rings is 7. The second kappa shape index (κ2) is 10.1. The summed E-state index contributed by atoms with van der Waals surface area (Å²) in [4.78, 5) is 0. The lowest BCUT2D eigenvalue weighted by atomic mass is 9.59. The fourth-order valence-electron chi connectivity index (χ4n) is 6.64. The largest absolute Gasteiger partial charge is 0.455 e. The first-order valence-corrected chi connectivity index (χ1v) is 14.4. The van der Waals surface area contributed by atoms with Crippen molar-refractivity contribution < 1.29 is 4.42 Å². The van der Waals surface area contributed by atoms with Crippen molar-refractivity contribution in [3.8, 4) is 33.4 Å². The maximum atomic E-state index is 6.50. The maximum Gasteiger partial charge on any atom is 0.143 e. The predicted octanol–water partition coefficient (Wildman–Crippen LogP) is 4.86. The Balaban J connectivity index is 1.39. The molecule has 1 heterocycles. The Hall–Kier alpha value is -4.82. The highest BCUT2D eigenvalue weighted by Gasteiger charge is 2.20. The average molecular weight is 546 g/mol. The Morgan fingerprint density at radius 3 is 1.34 bits per heavy atom. The van der Waals surface area contributed by atoms with E-state index < -0.39 is 0 Å². The summed E-state index contributed by atoms with van der Waals surface area (Å²) in [6, 6.07) is 39.9. The SMILES string of the molecule is [B]c1c([B])c([B])c(-c2ccc(-c3c4ccccc4c(-c4cccc5c4oc4ccccc45)c4ccccc34)cc2)c([B])c1[B]. The zero-order chi connectivity index (χ0) is 30.1. The molecule has 6 heteroatoms. The topological polar surface area (TPSA) is 13.1 Å². The summed E-state index contributed by atoms with van der Waals surface area (Å²) in [5.41, 5.74) is 8.90. The smallest absolute Gasteiger partial charge is 0.143 e. The van der Waals surface area contributed by atoms with Gasteiger partial charge in [0.15, 0.2) is 0 Å². The van der Waals surface area contributed by atoms with Gasteiger partial charge in [0, 0.05) is 21.9 Å². The monoisotopic (exact) mass is 546 g/mol. The quantitative estimate of drug-likeness (QED) is 0.228. The molecular weight excluding hydrogens is 526 g/mol. The molecular formula is C38H19B5O. The van der Waals surface area contributed by atoms with Crippen LogP contribution in [0, 0.1) is 0 Å². The van der Waals surface area contributed by atoms with Crippen molar-refractivity contribution in [1.29, 1.82) is 0 Å². The van der Waals surface area contributed by atoms with Crippen LogP contribution in [0.15, 0.2) is 120 Å². The predicted molar refractivity (Wildman–Crippen MR) is 192 cm³/mol. The molecule has 7 aromatic carbocycles. The van der Waals surface area contributed by atoms with Crippen molar-refractivity contribution in [3.63, 3.8) is 0 Å². The molecule has 1 nitrogen and oxygen atoms in total. The molecule has 44 heavy (non-hydrogen) atoms. The number of para-hydroxylation sites is 2. The normalized spacial score (nSPS) is 11.6. The molecule has 0 spiro atoms. The van der Waals surface area contributed by atoms with E-state index in [0.29, 0.717) is 16.5 Å². The lowest BCUT2D eigenvalue weighted by molar-refractivity contribution is 0.670. The molecule has 0 atom stereocenters. The second-order valence-corrected chi connectivity index (χ2v) is 11.1. The van der Waals surface area contributed by atoms with Crippen LogP contribution in [0.5, 0.6) is 0 Å². The lowest BCUT2D eigenvalue weighted by Gasteiger charge is -2.22. The van der Waals surface area contributed by atoms with E-state index in [4.69, 9.17) is 43.6 Å². The summed E-state index contributed by atoms with van der Waals surface area (Å²) in [7, 11) is 31.1. The van der Waals surface area contributed by atoms with E-state index in [1.165, 1.54) is 0 Å². The molecule has 0 fully saturated rings. The van der Waals surface area contributed by atoms with Crippen LogP contribution in [0.25, 0.3) is 76.9 Å². The molecule has 8 aromatic rings. The number of rotatable bonds is 3. The van der Waals surface area contributed by atoms with Gasteiger partial charge in [-0.3, -0.25) is 0 Å². The average Bonchev–Trinajstić information content (AvgIpc) is 3.45. The van der Waals surface area contributed by atoms with E-state index in [-0.39, 0.29) is 16.4 Å². The third-order valence-corrected chi connectivity index (χ3v) is 8.77. The van der Waals surface area contributed by atoms with E-state index in [0.717, 1.165) is 71.3 Å². The van der Waals surface area contributed by atoms with Gasteiger partial charge in [-0.1, -0.05) is 120 Å². The van der Waals surface area contributed by atoms with E-state index >= 15 is 0 Å². The number of furan rings is 1. The van der Waals surface area contributed by atoms with Crippen LogP contribution in [0.3, 0.4) is 0 Å². The number of hydrogen-bond acceptors (Lipinski definition) is 1. The van der Waals surface area contributed by atoms with Gasteiger partial charge in [-0.15, -0.1) is 16.4 Å². The highest BCUT2D eigenvalue weighted by atomic mass is 16.3. The molecule has 0 saturated carbocycles. The van der Waals surface area contributed by atoms with Gasteiger partial charge in [0.2, 0.25) is 0 Å². The van der Waals surface area contributed by atoms with Crippen LogP contribution < -0.4 is 27.3 Å². The molecule has 10 radical (unpaired) electrons. The van der Waals surface area contributed by atoms with E-state index in [9.17, 15) is 0 Å². The van der Waals surface area contributed by atoms with Crippen molar-refractivity contribution in [2.45, 2.75) is 0 Å². The van der Waals surface area contributed by atoms with Crippen LogP contribution in [0.4, 0.5) is 0 Å². The third kappa shape index (κ3) is 3.87. The molecule has 192 valence electrons. The van der Waals surface area contributed by atoms with Gasteiger partial charge < -0.3 is 4.42 Å². The molecule has 0 aliphatic heterocycles. The molecule has 0 aliphatic carbocycles. The molecule has 0 aliphatic rings. The minimum Gasteiger partial charge on any atom is -0.455 e. The molecule has 0 unspecified atom stereocenters. The molecule has 0 bridgehead atoms. The first-order valence-electron chi connectivity index (χ1n) is 14.4. The van der Waals surface area contributed by atoms with Crippen molar-refractivity contribution in [3.05, 3.63) is 115 Å². The minimum absolute atomic E-state index is 0.205. The fraction of sp³-hybridized carbons (Fsp3) is 0. The summed E-state index contributed by atoms with van der Waals surface area (Å²) in [5, 5.41) is 6.79. The van der Waals surface area contributed by atoms with Crippen LogP contribution in [-0.4, -0.2) is 39.2 Å². The lowest BCUT2D eigenvalue weighted by Crippen LogP contribution is -2.55. The van der Waals surface area contributed by atoms with Gasteiger partial charge in [-0.2, -0.15) is 0 Å². The summed E-state index contributed by atoms with van der Waals surface area (Å²) in [5.74, 6) is 0. The Kier molecular flexibility index (Phi) is 6.17. The first-order chi connectivity index (χ1) is 21.4. The van der Waals surface area contributed by atoms with Crippen molar-refractivity contribution in [2.75, 3.05) is 0 Å². The maximum absolute atomic E-state index is 6.50. The van der Waals surface area contributed by atoms with Crippen LogP contribution >= 0.6 is 0 Å². The van der Waals surface area contributed by atoms with Gasteiger partial charge in [0.05, 0.1) is 0 Å². The standard InChI is InChI=1S/C38H19B5O/c39-33-31(34(40)36(42)37(43)35(33)41)21-18-16-20(17-19-21)30-23-9-1-3-11-25(23)32(26-12-4-2-10-24(26)30)28-14-7-13-27-22-8-5-6-15-29(22)44-38(27)28/h1-19H. The van der Waals surface area contributed by atoms with Crippen molar-refractivity contribution in [2.24, 2.45) is 0 Å². The summed E-state index contributed by atoms with van der Waals surface area (Å²) in [6.45, 7) is 0. The van der Waals surface area contributed by atoms with Gasteiger partial charge >= 0.3 is 0 Å². The van der Waals surface area contributed by atoms with Crippen molar-refractivity contribution in [1.82, 2.24) is 0 Å². The van der Waals surface area contributed by atoms with Gasteiger partial charge in [-0.25, -0.2) is 0 Å². The van der Waals surface area contributed by atoms with Gasteiger partial charge in [0.25, 0.3) is 0 Å². The fourth-order valence-corrected chi connectivity index (χ4v) is 6.64. The molecule has 0 saturated heterocycles. The Labute approximate surface area is 262 Å². The van der Waals surface area contributed by atoms with E-state index in [1.54, 1.807) is 0 Å². The second-order valence-electron chi connectivity index (χ2n) is 11.1. The van der Waals surface area contributed by atoms with E-state index in [1.807, 2.05) is 24.3 Å². The first kappa shape index (κ1) is 26.8. The highest BCUT2D eigenvalue weighted by molar-refractivity contribution is 6.68. The Bertz CT molecular complexity index is 2350. The van der Waals surface area contributed by atoms with Gasteiger partial charge in [0.1, 0.15) is 50.4 Å². The number of hydrogen-bond donors (Lipinski definition) is 0. The zero-order valence-electron chi connectivity index (χ0n) is 23.8. The van der Waals surface area contributed by atoms with E-state index in [2.05, 4.69) is 91.0 Å². The summed E-state index contributed by atoms with van der Waals surface area (Å²) in [6.07, 6.45) is 0. The third-order valence-electron chi connectivity index (χ3n) is 8.77. The highest BCUT2D eigenvalue weighted by Crippen LogP contribution is 2.46.